The van der Waals surface area contributed by atoms with Crippen LogP contribution >= 0.6 is 23.2 Å². The van der Waals surface area contributed by atoms with Crippen LogP contribution in [-0.4, -0.2) is 80.7 Å². The first-order valence-electron chi connectivity index (χ1n) is 12.4. The summed E-state index contributed by atoms with van der Waals surface area (Å²) in [4.78, 5) is 15.3. The maximum absolute atomic E-state index is 13.9. The van der Waals surface area contributed by atoms with Crippen molar-refractivity contribution in [2.75, 3.05) is 33.9 Å². The Morgan fingerprint density at radius 1 is 1.05 bits per heavy atom. The monoisotopic (exact) mass is 586 g/mol. The second-order valence-corrected chi connectivity index (χ2v) is 12.2. The van der Waals surface area contributed by atoms with Crippen molar-refractivity contribution in [2.24, 2.45) is 5.92 Å². The Morgan fingerprint density at radius 3 is 2.37 bits per heavy atom. The maximum Gasteiger partial charge on any atom is 0.244 e. The molecule has 9 nitrogen and oxygen atoms in total. The zero-order chi connectivity index (χ0) is 27.6. The molecule has 2 aromatic rings. The summed E-state index contributed by atoms with van der Waals surface area (Å²) in [6.07, 6.45) is 0.730. The number of nitrogens with zero attached hydrogens (tertiary/aromatic N) is 2. The molecule has 1 amide bonds. The van der Waals surface area contributed by atoms with Crippen molar-refractivity contribution in [3.63, 3.8) is 0 Å². The number of aliphatic hydroxyl groups excluding tert-OH is 1. The molecular formula is C26H32Cl2N2O7S. The highest BCUT2D eigenvalue weighted by molar-refractivity contribution is 7.89. The van der Waals surface area contributed by atoms with Gasteiger partial charge in [-0.2, -0.15) is 4.31 Å². The standard InChI is InChI=1S/C26H32Cl2N2O7S/c1-16(31)21-15-29(9-10-37-19-7-8-24(35-2)25(14-19)36-3)26(32)23-6-4-5-22(21)30(23)38(33,34)20-12-17(27)11-18(28)13-20/h7-8,11-14,16,21-23,31H,4-6,9-10,15H2,1-3H3/t16-,21-,22+,23?/m1/s1. The van der Waals surface area contributed by atoms with Crippen LogP contribution in [0.4, 0.5) is 0 Å². The molecular weight excluding hydrogens is 555 g/mol. The number of sulfonamides is 1. The van der Waals surface area contributed by atoms with Gasteiger partial charge in [0.15, 0.2) is 11.5 Å². The third kappa shape index (κ3) is 5.84. The van der Waals surface area contributed by atoms with Crippen molar-refractivity contribution in [2.45, 2.75) is 49.3 Å². The first-order chi connectivity index (χ1) is 18.1. The van der Waals surface area contributed by atoms with Gasteiger partial charge in [-0.1, -0.05) is 23.2 Å². The fraction of sp³-hybridized carbons (Fsp3) is 0.500. The predicted octanol–water partition coefficient (Wildman–Crippen LogP) is 3.84. The molecule has 0 aliphatic carbocycles. The number of carbonyl (C=O) groups excluding carboxylic acids is 1. The summed E-state index contributed by atoms with van der Waals surface area (Å²) in [5.74, 6) is 0.815. The van der Waals surface area contributed by atoms with E-state index in [9.17, 15) is 18.3 Å². The van der Waals surface area contributed by atoms with Crippen LogP contribution in [-0.2, 0) is 14.8 Å². The van der Waals surface area contributed by atoms with E-state index in [1.807, 2.05) is 0 Å². The Balaban J connectivity index is 1.60. The molecule has 0 radical (unpaired) electrons. The van der Waals surface area contributed by atoms with Crippen LogP contribution in [0, 0.1) is 5.92 Å². The van der Waals surface area contributed by atoms with Crippen LogP contribution in [0.15, 0.2) is 41.3 Å². The summed E-state index contributed by atoms with van der Waals surface area (Å²) < 4.78 is 45.5. The maximum atomic E-state index is 13.9. The summed E-state index contributed by atoms with van der Waals surface area (Å²) >= 11 is 12.2. The van der Waals surface area contributed by atoms with Crippen LogP contribution in [0.5, 0.6) is 17.2 Å². The number of halogens is 2. The van der Waals surface area contributed by atoms with E-state index in [1.165, 1.54) is 29.6 Å². The molecule has 2 heterocycles. The van der Waals surface area contributed by atoms with Gasteiger partial charge in [-0.05, 0) is 56.5 Å². The summed E-state index contributed by atoms with van der Waals surface area (Å²) in [7, 11) is -1.07. The Labute approximate surface area is 233 Å². The van der Waals surface area contributed by atoms with Crippen LogP contribution < -0.4 is 14.2 Å². The molecule has 4 rings (SSSR count). The number of carbonyl (C=O) groups is 1. The van der Waals surface area contributed by atoms with Crippen LogP contribution in [0.3, 0.4) is 0 Å². The van der Waals surface area contributed by atoms with Crippen LogP contribution in [0.25, 0.3) is 0 Å². The fourth-order valence-corrected chi connectivity index (χ4v) is 7.92. The van der Waals surface area contributed by atoms with Gasteiger partial charge in [0.25, 0.3) is 0 Å². The normalized spacial score (nSPS) is 23.1. The Bertz CT molecular complexity index is 1250. The smallest absolute Gasteiger partial charge is 0.244 e. The van der Waals surface area contributed by atoms with Crippen molar-refractivity contribution in [1.82, 2.24) is 9.21 Å². The van der Waals surface area contributed by atoms with Gasteiger partial charge in [0.05, 0.1) is 31.8 Å². The second kappa shape index (κ2) is 11.9. The quantitative estimate of drug-likeness (QED) is 0.476. The van der Waals surface area contributed by atoms with E-state index >= 15 is 0 Å². The van der Waals surface area contributed by atoms with Crippen molar-refractivity contribution in [1.29, 1.82) is 0 Å². The van der Waals surface area contributed by atoms with Crippen LogP contribution in [0.1, 0.15) is 26.2 Å². The van der Waals surface area contributed by atoms with Gasteiger partial charge in [-0.25, -0.2) is 8.42 Å². The first-order valence-corrected chi connectivity index (χ1v) is 14.6. The van der Waals surface area contributed by atoms with E-state index in [2.05, 4.69) is 0 Å². The summed E-state index contributed by atoms with van der Waals surface area (Å²) in [6.45, 7) is 2.22. The van der Waals surface area contributed by atoms with Gasteiger partial charge in [0, 0.05) is 34.6 Å². The highest BCUT2D eigenvalue weighted by atomic mass is 35.5. The average molecular weight is 588 g/mol. The van der Waals surface area contributed by atoms with Crippen molar-refractivity contribution < 1.29 is 32.5 Å². The number of piperidine rings is 1. The van der Waals surface area contributed by atoms with Crippen molar-refractivity contribution >= 4 is 39.1 Å². The molecule has 0 spiro atoms. The lowest BCUT2D eigenvalue weighted by Gasteiger charge is -2.41. The second-order valence-electron chi connectivity index (χ2n) is 9.51. The van der Waals surface area contributed by atoms with Gasteiger partial charge < -0.3 is 24.2 Å². The zero-order valence-electron chi connectivity index (χ0n) is 21.5. The molecule has 4 atom stereocenters. The highest BCUT2D eigenvalue weighted by Gasteiger charge is 2.51. The molecule has 2 bridgehead atoms. The molecule has 0 saturated carbocycles. The lowest BCUT2D eigenvalue weighted by Crippen LogP contribution is -2.55. The third-order valence-electron chi connectivity index (χ3n) is 7.15. The Kier molecular flexibility index (Phi) is 8.99. The molecule has 2 saturated heterocycles. The van der Waals surface area contributed by atoms with E-state index in [1.54, 1.807) is 37.1 Å². The number of rotatable bonds is 9. The molecule has 38 heavy (non-hydrogen) atoms. The third-order valence-corrected chi connectivity index (χ3v) is 9.50. The molecule has 1 unspecified atom stereocenters. The number of hydrogen-bond donors (Lipinski definition) is 1. The minimum Gasteiger partial charge on any atom is -0.493 e. The van der Waals surface area contributed by atoms with Crippen molar-refractivity contribution in [3.8, 4) is 17.2 Å². The van der Waals surface area contributed by atoms with Crippen molar-refractivity contribution in [3.05, 3.63) is 46.4 Å². The minimum atomic E-state index is -4.14. The predicted molar refractivity (Wildman–Crippen MR) is 144 cm³/mol. The molecule has 12 heteroatoms. The van der Waals surface area contributed by atoms with Gasteiger partial charge in [-0.15, -0.1) is 0 Å². The van der Waals surface area contributed by atoms with Gasteiger partial charge in [0.1, 0.15) is 18.4 Å². The van der Waals surface area contributed by atoms with E-state index < -0.39 is 34.1 Å². The van der Waals surface area contributed by atoms with E-state index in [4.69, 9.17) is 37.4 Å². The Hall–Kier alpha value is -2.24. The lowest BCUT2D eigenvalue weighted by molar-refractivity contribution is -0.135. The molecule has 2 aromatic carbocycles. The lowest BCUT2D eigenvalue weighted by atomic mass is 9.87. The molecule has 208 valence electrons. The molecule has 2 fully saturated rings. The number of amides is 1. The highest BCUT2D eigenvalue weighted by Crippen LogP contribution is 2.39. The van der Waals surface area contributed by atoms with Gasteiger partial charge in [0.2, 0.25) is 15.9 Å². The number of benzene rings is 2. The summed E-state index contributed by atoms with van der Waals surface area (Å²) in [5.41, 5.74) is 0. The summed E-state index contributed by atoms with van der Waals surface area (Å²) in [6, 6.07) is 7.82. The molecule has 0 aromatic heterocycles. The average Bonchev–Trinajstić information content (AvgIpc) is 2.95. The molecule has 2 aliphatic rings. The molecule has 2 aliphatic heterocycles. The summed E-state index contributed by atoms with van der Waals surface area (Å²) in [5, 5.41) is 11.1. The number of methoxy groups -OCH3 is 2. The SMILES string of the molecule is COc1ccc(OCCN2C[C@H]([C@@H](C)O)[C@@H]3CCCC(C2=O)N3S(=O)(=O)c2cc(Cl)cc(Cl)c2)cc1OC. The molecule has 1 N–H and O–H groups in total. The van der Waals surface area contributed by atoms with E-state index in [0.717, 1.165) is 0 Å². The first kappa shape index (κ1) is 28.8. The van der Waals surface area contributed by atoms with Crippen LogP contribution in [0.2, 0.25) is 10.0 Å². The zero-order valence-corrected chi connectivity index (χ0v) is 23.8. The number of aliphatic hydroxyl groups is 1. The van der Waals surface area contributed by atoms with Gasteiger partial charge >= 0.3 is 0 Å². The largest absolute Gasteiger partial charge is 0.493 e. The minimum absolute atomic E-state index is 0.0747. The Morgan fingerprint density at radius 2 is 1.74 bits per heavy atom. The van der Waals surface area contributed by atoms with Gasteiger partial charge in [-0.3, -0.25) is 4.79 Å². The fourth-order valence-electron chi connectivity index (χ4n) is 5.32. The van der Waals surface area contributed by atoms with E-state index in [-0.39, 0.29) is 40.5 Å². The number of ether oxygens (including phenoxy) is 3. The van der Waals surface area contributed by atoms with E-state index in [0.29, 0.717) is 36.5 Å². The topological polar surface area (TPSA) is 106 Å². The number of hydrogen-bond acceptors (Lipinski definition) is 7. The number of fused-ring (bicyclic) bond motifs is 2.